The number of amides is 2. The third-order valence-corrected chi connectivity index (χ3v) is 13.7. The SMILES string of the molecule is C.CC[C@@H]1C(=O)N(C)c2cnc(-c3cccc(OCc4ccccc4)c3)nc2N1C1CCCC1.CC[C@@H]1C(=O)N(C)c2cnc(Cl)nc2N1C1CCCC1.OB(O)c1cccc(OCc2ccccc2)c1. The Morgan fingerprint density at radius 1 is 0.620 bits per heavy atom. The lowest BCUT2D eigenvalue weighted by atomic mass is 9.80. The van der Waals surface area contributed by atoms with E-state index in [9.17, 15) is 9.59 Å². The van der Waals surface area contributed by atoms with E-state index in [2.05, 4.69) is 43.8 Å². The summed E-state index contributed by atoms with van der Waals surface area (Å²) in [5.74, 6) is 3.99. The van der Waals surface area contributed by atoms with Crippen LogP contribution < -0.4 is 34.5 Å². The van der Waals surface area contributed by atoms with E-state index >= 15 is 0 Å². The number of halogens is 1. The molecule has 4 heterocycles. The molecule has 14 nitrogen and oxygen atoms in total. The van der Waals surface area contributed by atoms with Crippen molar-refractivity contribution in [1.82, 2.24) is 19.9 Å². The molecule has 372 valence electrons. The fourth-order valence-corrected chi connectivity index (χ4v) is 9.99. The highest BCUT2D eigenvalue weighted by Gasteiger charge is 2.42. The average Bonchev–Trinajstić information content (AvgIpc) is 4.14. The third-order valence-electron chi connectivity index (χ3n) is 13.5. The van der Waals surface area contributed by atoms with Gasteiger partial charge in [-0.2, -0.15) is 4.98 Å². The summed E-state index contributed by atoms with van der Waals surface area (Å²) < 4.78 is 11.6. The number of ether oxygens (including phenoxy) is 2. The molecule has 2 aliphatic heterocycles. The van der Waals surface area contributed by atoms with Crippen LogP contribution in [-0.4, -0.2) is 87.2 Å². The molecule has 71 heavy (non-hydrogen) atoms. The molecule has 0 spiro atoms. The number of carbonyl (C=O) groups excluding carboxylic acids is 2. The van der Waals surface area contributed by atoms with Crippen LogP contribution in [0.3, 0.4) is 0 Å². The van der Waals surface area contributed by atoms with Crippen LogP contribution in [0.4, 0.5) is 23.0 Å². The van der Waals surface area contributed by atoms with Crippen molar-refractivity contribution in [1.29, 1.82) is 0 Å². The maximum absolute atomic E-state index is 13.1. The minimum Gasteiger partial charge on any atom is -0.489 e. The molecule has 2 fully saturated rings. The van der Waals surface area contributed by atoms with Crippen molar-refractivity contribution in [2.75, 3.05) is 33.7 Å². The molecular weight excluding hydrogens is 915 g/mol. The van der Waals surface area contributed by atoms with Gasteiger partial charge >= 0.3 is 7.12 Å². The van der Waals surface area contributed by atoms with Gasteiger partial charge in [-0.3, -0.25) is 9.59 Å². The van der Waals surface area contributed by atoms with Crippen LogP contribution in [0.2, 0.25) is 5.28 Å². The van der Waals surface area contributed by atoms with Crippen LogP contribution in [0.1, 0.15) is 96.6 Å². The number of rotatable bonds is 12. The predicted octanol–water partition coefficient (Wildman–Crippen LogP) is 9.44. The van der Waals surface area contributed by atoms with Crippen LogP contribution in [-0.2, 0) is 22.8 Å². The van der Waals surface area contributed by atoms with Gasteiger partial charge in [-0.05, 0) is 91.0 Å². The van der Waals surface area contributed by atoms with Gasteiger partial charge < -0.3 is 39.1 Å². The second-order valence-corrected chi connectivity index (χ2v) is 18.4. The minimum absolute atomic E-state index is 0. The summed E-state index contributed by atoms with van der Waals surface area (Å²) in [6.45, 7) is 5.10. The summed E-state index contributed by atoms with van der Waals surface area (Å²) in [6, 6.07) is 35.1. The van der Waals surface area contributed by atoms with Gasteiger partial charge in [0.15, 0.2) is 17.5 Å². The molecule has 10 rings (SSSR count). The fraction of sp³-hybridized carbons (Fsp3) is 0.382. The van der Waals surface area contributed by atoms with Crippen LogP contribution in [0, 0.1) is 0 Å². The lowest BCUT2D eigenvalue weighted by Crippen LogP contribution is -2.55. The van der Waals surface area contributed by atoms with Crippen molar-refractivity contribution in [2.45, 2.75) is 123 Å². The number of benzene rings is 4. The average molecular weight is 981 g/mol. The molecule has 0 radical (unpaired) electrons. The standard InChI is InChI=1S/C27H30N4O2.C14H19ClN4O.C13H13BO3.CH4/c1-3-23-27(32)30(2)24-17-28-25(29-26(24)31(23)21-13-7-8-14-21)20-12-9-15-22(16-20)33-18-19-10-5-4-6-11-19;1-3-10-13(20)18(2)11-8-16-14(15)17-12(11)19(10)9-6-4-5-7-9;15-14(16)12-7-4-8-13(9-12)17-10-11-5-2-1-3-6-11;/h4-6,9-12,15-17,21,23H,3,7-8,13-14,18H2,1-2H3;8-10H,3-7H2,1-2H3;1-9,15-16H,10H2;1H4/t23-;10-;;/m11../s1. The van der Waals surface area contributed by atoms with Crippen molar-refractivity contribution in [3.63, 3.8) is 0 Å². The zero-order valence-corrected chi connectivity index (χ0v) is 41.2. The van der Waals surface area contributed by atoms with Crippen molar-refractivity contribution in [3.8, 4) is 22.9 Å². The largest absolute Gasteiger partial charge is 0.489 e. The Morgan fingerprint density at radius 3 is 1.58 bits per heavy atom. The number of fused-ring (bicyclic) bond motifs is 2. The van der Waals surface area contributed by atoms with Crippen LogP contribution in [0.5, 0.6) is 11.5 Å². The highest BCUT2D eigenvalue weighted by Crippen LogP contribution is 2.42. The molecule has 2 saturated carbocycles. The highest BCUT2D eigenvalue weighted by molar-refractivity contribution is 6.58. The predicted molar refractivity (Wildman–Crippen MR) is 284 cm³/mol. The molecule has 2 atom stereocenters. The van der Waals surface area contributed by atoms with Crippen LogP contribution in [0.25, 0.3) is 11.4 Å². The van der Waals surface area contributed by atoms with E-state index in [0.717, 1.165) is 84.0 Å². The third kappa shape index (κ3) is 12.3. The van der Waals surface area contributed by atoms with Gasteiger partial charge in [0.1, 0.15) is 48.2 Å². The summed E-state index contributed by atoms with van der Waals surface area (Å²) in [7, 11) is 2.15. The molecule has 4 aliphatic rings. The first-order chi connectivity index (χ1) is 34.0. The van der Waals surface area contributed by atoms with Crippen molar-refractivity contribution < 1.29 is 29.1 Å². The van der Waals surface area contributed by atoms with Gasteiger partial charge in [0.2, 0.25) is 17.1 Å². The van der Waals surface area contributed by atoms with Gasteiger partial charge in [-0.25, -0.2) is 15.0 Å². The summed E-state index contributed by atoms with van der Waals surface area (Å²) in [4.78, 5) is 51.6. The number of hydrogen-bond donors (Lipinski definition) is 2. The Kier molecular flexibility index (Phi) is 18.1. The Bertz CT molecular complexity index is 2690. The summed E-state index contributed by atoms with van der Waals surface area (Å²) >= 11 is 5.97. The molecule has 0 unspecified atom stereocenters. The van der Waals surface area contributed by atoms with Crippen molar-refractivity contribution >= 4 is 59.0 Å². The molecule has 0 saturated heterocycles. The maximum atomic E-state index is 13.1. The van der Waals surface area contributed by atoms with E-state index in [4.69, 9.17) is 36.1 Å². The Labute approximate surface area is 423 Å². The molecule has 2 N–H and O–H groups in total. The van der Waals surface area contributed by atoms with E-state index in [0.29, 0.717) is 42.3 Å². The van der Waals surface area contributed by atoms with Gasteiger partial charge in [-0.15, -0.1) is 0 Å². The second kappa shape index (κ2) is 24.5. The molecule has 6 aromatic rings. The van der Waals surface area contributed by atoms with Crippen molar-refractivity contribution in [2.24, 2.45) is 0 Å². The quantitative estimate of drug-likeness (QED) is 0.0886. The Hall–Kier alpha value is -6.55. The molecule has 2 aromatic heterocycles. The lowest BCUT2D eigenvalue weighted by Gasteiger charge is -2.43. The molecule has 2 aliphatic carbocycles. The molecule has 16 heteroatoms. The van der Waals surface area contributed by atoms with Crippen LogP contribution in [0.15, 0.2) is 122 Å². The monoisotopic (exact) mass is 980 g/mol. The minimum atomic E-state index is -1.46. The van der Waals surface area contributed by atoms with Gasteiger partial charge in [0.05, 0.1) is 12.4 Å². The van der Waals surface area contributed by atoms with Crippen LogP contribution >= 0.6 is 11.6 Å². The normalized spacial score (nSPS) is 17.6. The van der Waals surface area contributed by atoms with E-state index in [-0.39, 0.29) is 36.6 Å². The van der Waals surface area contributed by atoms with Gasteiger partial charge in [0, 0.05) is 31.7 Å². The summed E-state index contributed by atoms with van der Waals surface area (Å²) in [5.41, 5.74) is 5.08. The van der Waals surface area contributed by atoms with E-state index in [1.165, 1.54) is 25.7 Å². The highest BCUT2D eigenvalue weighted by atomic mass is 35.5. The summed E-state index contributed by atoms with van der Waals surface area (Å²) in [6.07, 6.45) is 14.3. The lowest BCUT2D eigenvalue weighted by molar-refractivity contribution is -0.120. The zero-order valence-electron chi connectivity index (χ0n) is 40.4. The second-order valence-electron chi connectivity index (χ2n) is 18.1. The van der Waals surface area contributed by atoms with Gasteiger partial charge in [-0.1, -0.05) is 132 Å². The number of aromatic nitrogens is 4. The first-order valence-electron chi connectivity index (χ1n) is 24.5. The number of carbonyl (C=O) groups is 2. The fourth-order valence-electron chi connectivity index (χ4n) is 9.86. The number of nitrogens with zero attached hydrogens (tertiary/aromatic N) is 8. The Balaban J connectivity index is 0.000000167. The molecule has 4 aromatic carbocycles. The topological polar surface area (TPSA) is 158 Å². The zero-order chi connectivity index (χ0) is 49.1. The molecule has 2 amide bonds. The number of hydrogen-bond acceptors (Lipinski definition) is 12. The molecule has 0 bridgehead atoms. The summed E-state index contributed by atoms with van der Waals surface area (Å²) in [5, 5.41) is 18.3. The van der Waals surface area contributed by atoms with Crippen molar-refractivity contribution in [3.05, 3.63) is 138 Å². The Morgan fingerprint density at radius 2 is 1.08 bits per heavy atom. The van der Waals surface area contributed by atoms with E-state index in [1.54, 1.807) is 53.5 Å². The molecular formula is C55H66BClN8O6. The smallest absolute Gasteiger partial charge is 0.488 e. The first-order valence-corrected chi connectivity index (χ1v) is 24.8. The first kappa shape index (κ1) is 52.3. The number of anilines is 4. The van der Waals surface area contributed by atoms with E-state index in [1.807, 2.05) is 86.8 Å². The maximum Gasteiger partial charge on any atom is 0.488 e. The van der Waals surface area contributed by atoms with E-state index < -0.39 is 7.12 Å². The number of likely N-dealkylation sites (N-methyl/N-ethyl adjacent to an activating group) is 2. The van der Waals surface area contributed by atoms with Gasteiger partial charge in [0.25, 0.3) is 0 Å².